The fourth-order valence-corrected chi connectivity index (χ4v) is 0.806. The van der Waals surface area contributed by atoms with Crippen molar-refractivity contribution in [2.75, 3.05) is 5.73 Å². The first-order valence-electron chi connectivity index (χ1n) is 3.06. The predicted molar refractivity (Wildman–Crippen MR) is 40.5 cm³/mol. The average Bonchev–Trinajstić information content (AvgIpc) is 1.95. The highest BCUT2D eigenvalue weighted by Crippen LogP contribution is 2.16. The summed E-state index contributed by atoms with van der Waals surface area (Å²) in [6, 6.07) is 5.40. The van der Waals surface area contributed by atoms with E-state index in [0.717, 1.165) is 11.0 Å². The van der Waals surface area contributed by atoms with Crippen molar-refractivity contribution < 1.29 is 5.48 Å². The fourth-order valence-electron chi connectivity index (χ4n) is 0.806. The minimum Gasteiger partial charge on any atom is -0.630 e. The molecule has 0 atom stereocenters. The Balaban J connectivity index is 3.14. The summed E-state index contributed by atoms with van der Waals surface area (Å²) in [4.78, 5) is 0. The predicted octanol–water partition coefficient (Wildman–Crippen LogP) is 0.270. The number of nitrogen functional groups attached to an aromatic ring is 1. The Morgan fingerprint density at radius 2 is 2.20 bits per heavy atom. The third-order valence-corrected chi connectivity index (χ3v) is 1.48. The topological polar surface area (TPSA) is 65.7 Å². The molecule has 0 amide bonds. The van der Waals surface area contributed by atoms with Crippen LogP contribution in [0, 0.1) is 12.1 Å². The van der Waals surface area contributed by atoms with Gasteiger partial charge in [0.25, 0.3) is 0 Å². The summed E-state index contributed by atoms with van der Waals surface area (Å²) in [6.45, 7) is 1.88. The van der Waals surface area contributed by atoms with Crippen LogP contribution in [0.2, 0.25) is 0 Å². The van der Waals surface area contributed by atoms with Crippen LogP contribution in [0.5, 0.6) is 0 Å². The summed E-state index contributed by atoms with van der Waals surface area (Å²) in [6.07, 6.45) is 0. The first-order chi connectivity index (χ1) is 4.75. The Hall–Kier alpha value is -1.06. The van der Waals surface area contributed by atoms with Crippen LogP contribution in [0.1, 0.15) is 5.56 Å². The Kier molecular flexibility index (Phi) is 1.89. The Bertz CT molecular complexity index is 235. The Labute approximate surface area is 59.4 Å². The first-order valence-corrected chi connectivity index (χ1v) is 3.06. The largest absolute Gasteiger partial charge is 0.630 e. The molecular formula is C7H10N2O. The zero-order valence-electron chi connectivity index (χ0n) is 5.79. The molecule has 0 aromatic heterocycles. The monoisotopic (exact) mass is 138 g/mol. The van der Waals surface area contributed by atoms with Crippen LogP contribution in [-0.2, 0) is 0 Å². The van der Waals surface area contributed by atoms with Crippen molar-refractivity contribution in [3.8, 4) is 0 Å². The summed E-state index contributed by atoms with van der Waals surface area (Å²) in [5.41, 5.74) is 8.43. The van der Waals surface area contributed by atoms with E-state index in [0.29, 0.717) is 11.4 Å². The smallest absolute Gasteiger partial charge is 0.153 e. The van der Waals surface area contributed by atoms with Crippen molar-refractivity contribution in [3.63, 3.8) is 0 Å². The number of benzene rings is 1. The summed E-state index contributed by atoms with van der Waals surface area (Å²) in [5, 5.41) is 10.3. The van der Waals surface area contributed by atoms with Gasteiger partial charge in [0.05, 0.1) is 5.69 Å². The average molecular weight is 138 g/mol. The third-order valence-electron chi connectivity index (χ3n) is 1.48. The fraction of sp³-hybridized carbons (Fsp3) is 0.143. The van der Waals surface area contributed by atoms with Crippen LogP contribution in [-0.4, -0.2) is 0 Å². The second kappa shape index (κ2) is 2.68. The lowest BCUT2D eigenvalue weighted by molar-refractivity contribution is -0.496. The first kappa shape index (κ1) is 7.05. The lowest BCUT2D eigenvalue weighted by atomic mass is 10.2. The van der Waals surface area contributed by atoms with E-state index in [1.165, 1.54) is 0 Å². The van der Waals surface area contributed by atoms with Gasteiger partial charge in [-0.15, -0.1) is 0 Å². The maximum absolute atomic E-state index is 10.3. The van der Waals surface area contributed by atoms with Gasteiger partial charge in [0.15, 0.2) is 5.69 Å². The number of aryl methyl sites for hydroxylation is 1. The van der Waals surface area contributed by atoms with E-state index >= 15 is 0 Å². The highest BCUT2D eigenvalue weighted by molar-refractivity contribution is 5.61. The minimum absolute atomic E-state index is 0.569. The molecule has 0 bridgehead atoms. The number of nitrogens with two attached hydrogens (primary N) is 2. The molecule has 0 saturated carbocycles. The van der Waals surface area contributed by atoms with Crippen LogP contribution in [0.15, 0.2) is 18.2 Å². The van der Waals surface area contributed by atoms with E-state index in [1.807, 2.05) is 19.1 Å². The molecule has 1 aromatic carbocycles. The molecule has 10 heavy (non-hydrogen) atoms. The molecule has 0 radical (unpaired) electrons. The molecule has 4 N–H and O–H groups in total. The zero-order chi connectivity index (χ0) is 7.56. The zero-order valence-corrected chi connectivity index (χ0v) is 5.79. The molecule has 54 valence electrons. The van der Waals surface area contributed by atoms with Crippen molar-refractivity contribution in [2.45, 2.75) is 6.92 Å². The van der Waals surface area contributed by atoms with E-state index in [9.17, 15) is 5.21 Å². The second-order valence-corrected chi connectivity index (χ2v) is 2.20. The van der Waals surface area contributed by atoms with E-state index in [1.54, 1.807) is 6.07 Å². The normalized spacial score (nSPS) is 9.80. The number of hydrogen-bond acceptors (Lipinski definition) is 2. The van der Waals surface area contributed by atoms with Crippen molar-refractivity contribution >= 4 is 11.4 Å². The summed E-state index contributed by atoms with van der Waals surface area (Å²) < 4.78 is 0. The molecule has 0 fully saturated rings. The molecule has 0 heterocycles. The molecule has 0 aliphatic rings. The van der Waals surface area contributed by atoms with Gasteiger partial charge in [0.1, 0.15) is 0 Å². The van der Waals surface area contributed by atoms with Crippen molar-refractivity contribution in [2.24, 2.45) is 0 Å². The molecule has 0 spiro atoms. The molecule has 1 aromatic rings. The van der Waals surface area contributed by atoms with Gasteiger partial charge >= 0.3 is 0 Å². The van der Waals surface area contributed by atoms with Gasteiger partial charge in [-0.1, -0.05) is 12.1 Å². The highest BCUT2D eigenvalue weighted by Gasteiger charge is 1.99. The van der Waals surface area contributed by atoms with E-state index in [2.05, 4.69) is 0 Å². The number of anilines is 1. The van der Waals surface area contributed by atoms with Gasteiger partial charge < -0.3 is 16.4 Å². The van der Waals surface area contributed by atoms with Crippen molar-refractivity contribution in [3.05, 3.63) is 29.0 Å². The lowest BCUT2D eigenvalue weighted by Gasteiger charge is -2.05. The van der Waals surface area contributed by atoms with Crippen LogP contribution in [0.25, 0.3) is 0 Å². The molecule has 0 aliphatic carbocycles. The quantitative estimate of drug-likeness (QED) is 0.432. The van der Waals surface area contributed by atoms with Crippen LogP contribution in [0.4, 0.5) is 11.4 Å². The Morgan fingerprint density at radius 1 is 1.50 bits per heavy atom. The van der Waals surface area contributed by atoms with Gasteiger partial charge in [0.2, 0.25) is 0 Å². The number of quaternary nitrogens is 1. The number of rotatable bonds is 1. The molecule has 1 rings (SSSR count). The molecule has 3 heteroatoms. The van der Waals surface area contributed by atoms with E-state index < -0.39 is 0 Å². The Morgan fingerprint density at radius 3 is 2.70 bits per heavy atom. The molecular weight excluding hydrogens is 128 g/mol. The van der Waals surface area contributed by atoms with Crippen LogP contribution in [0.3, 0.4) is 0 Å². The molecule has 0 saturated heterocycles. The van der Waals surface area contributed by atoms with Gasteiger partial charge in [-0.25, -0.2) is 0 Å². The summed E-state index contributed by atoms with van der Waals surface area (Å²) in [7, 11) is 0. The maximum atomic E-state index is 10.3. The number of hydrogen-bond donors (Lipinski definition) is 2. The van der Waals surface area contributed by atoms with Crippen LogP contribution >= 0.6 is 0 Å². The SMILES string of the molecule is Cc1cccc([NH2+][O-])c1N. The third kappa shape index (κ3) is 1.10. The van der Waals surface area contributed by atoms with Gasteiger partial charge in [-0.2, -0.15) is 0 Å². The molecule has 0 unspecified atom stereocenters. The van der Waals surface area contributed by atoms with Crippen LogP contribution < -0.4 is 11.2 Å². The summed E-state index contributed by atoms with van der Waals surface area (Å²) in [5.74, 6) is 0. The van der Waals surface area contributed by atoms with E-state index in [4.69, 9.17) is 5.73 Å². The van der Waals surface area contributed by atoms with E-state index in [-0.39, 0.29) is 0 Å². The standard InChI is InChI=1S/C7H10N2O/c1-5-3-2-4-6(9-10)7(5)8/h2-4H,8-9H2,1H3. The molecule has 3 nitrogen and oxygen atoms in total. The van der Waals surface area contributed by atoms with Crippen molar-refractivity contribution in [1.82, 2.24) is 0 Å². The van der Waals surface area contributed by atoms with Gasteiger partial charge in [0, 0.05) is 6.07 Å². The van der Waals surface area contributed by atoms with Gasteiger partial charge in [-0.05, 0) is 12.5 Å². The lowest BCUT2D eigenvalue weighted by Crippen LogP contribution is -2.70. The summed E-state index contributed by atoms with van der Waals surface area (Å²) >= 11 is 0. The maximum Gasteiger partial charge on any atom is 0.153 e. The number of para-hydroxylation sites is 1. The second-order valence-electron chi connectivity index (χ2n) is 2.20. The molecule has 0 aliphatic heterocycles. The van der Waals surface area contributed by atoms with Crippen molar-refractivity contribution in [1.29, 1.82) is 0 Å². The van der Waals surface area contributed by atoms with Gasteiger partial charge in [-0.3, -0.25) is 0 Å². The minimum atomic E-state index is 0.569. The highest BCUT2D eigenvalue weighted by atomic mass is 16.5.